The van der Waals surface area contributed by atoms with Crippen molar-refractivity contribution < 1.29 is 21.6 Å². The normalized spacial score (nSPS) is 14.0. The van der Waals surface area contributed by atoms with Crippen LogP contribution in [0.4, 0.5) is 0 Å². The number of H-pyrrole nitrogens is 1. The molecule has 0 aliphatic carbocycles. The highest BCUT2D eigenvalue weighted by Gasteiger charge is 2.33. The fourth-order valence-electron chi connectivity index (χ4n) is 2.86. The van der Waals surface area contributed by atoms with E-state index in [0.717, 1.165) is 33.4 Å². The Morgan fingerprint density at radius 2 is 2.03 bits per heavy atom. The summed E-state index contributed by atoms with van der Waals surface area (Å²) in [6, 6.07) is 8.51. The van der Waals surface area contributed by atoms with Crippen LogP contribution in [-0.2, 0) is 27.6 Å². The number of sulfone groups is 1. The highest BCUT2D eigenvalue weighted by atomic mass is 32.2. The van der Waals surface area contributed by atoms with E-state index >= 15 is 0 Å². The van der Waals surface area contributed by atoms with Gasteiger partial charge in [0.2, 0.25) is 17.3 Å². The van der Waals surface area contributed by atoms with Gasteiger partial charge in [-0.1, -0.05) is 6.07 Å². The average molecular weight is 481 g/mol. The Kier molecular flexibility index (Phi) is 5.81. The van der Waals surface area contributed by atoms with Gasteiger partial charge in [0.1, 0.15) is 5.01 Å². The second-order valence-corrected chi connectivity index (χ2v) is 10.4. The Morgan fingerprint density at radius 1 is 1.26 bits per heavy atom. The van der Waals surface area contributed by atoms with Crippen LogP contribution in [0, 0.1) is 0 Å². The molecule has 162 valence electrons. The SMILES string of the molecule is CS(=O)(=O)C(c1nnc(CNS(=O)[O-])o1)c1nc2ccc(-c3ccc(=O)[nH]c3)cc2s1. The van der Waals surface area contributed by atoms with Crippen LogP contribution in [0.25, 0.3) is 21.3 Å². The van der Waals surface area contributed by atoms with Crippen molar-refractivity contribution in [2.75, 3.05) is 6.26 Å². The topological polar surface area (TPSA) is 171 Å². The Morgan fingerprint density at radius 3 is 2.71 bits per heavy atom. The first-order chi connectivity index (χ1) is 14.7. The maximum absolute atomic E-state index is 12.5. The van der Waals surface area contributed by atoms with Gasteiger partial charge in [-0.05, 0) is 29.3 Å². The molecular formula is C17H14N5O6S3-. The van der Waals surface area contributed by atoms with Crippen molar-refractivity contribution in [2.45, 2.75) is 11.8 Å². The molecule has 0 amide bonds. The van der Waals surface area contributed by atoms with Gasteiger partial charge < -0.3 is 14.0 Å². The molecule has 0 saturated heterocycles. The van der Waals surface area contributed by atoms with E-state index < -0.39 is 26.4 Å². The van der Waals surface area contributed by atoms with Gasteiger partial charge in [0.25, 0.3) is 0 Å². The van der Waals surface area contributed by atoms with Crippen LogP contribution in [0.2, 0.25) is 0 Å². The fourth-order valence-corrected chi connectivity index (χ4v) is 5.63. The first-order valence-electron chi connectivity index (χ1n) is 8.64. The lowest BCUT2D eigenvalue weighted by Crippen LogP contribution is -2.15. The van der Waals surface area contributed by atoms with Crippen LogP contribution >= 0.6 is 11.3 Å². The van der Waals surface area contributed by atoms with E-state index in [-0.39, 0.29) is 28.9 Å². The van der Waals surface area contributed by atoms with Gasteiger partial charge in [0.05, 0.1) is 16.8 Å². The summed E-state index contributed by atoms with van der Waals surface area (Å²) in [4.78, 5) is 18.3. The molecule has 14 heteroatoms. The molecule has 2 N–H and O–H groups in total. The number of hydrogen-bond acceptors (Lipinski definition) is 10. The van der Waals surface area contributed by atoms with E-state index in [0.29, 0.717) is 5.52 Å². The molecule has 0 saturated carbocycles. The Hall–Kier alpha value is -2.78. The van der Waals surface area contributed by atoms with Gasteiger partial charge in [-0.15, -0.1) is 21.5 Å². The summed E-state index contributed by atoms with van der Waals surface area (Å²) >= 11 is -1.36. The van der Waals surface area contributed by atoms with Crippen molar-refractivity contribution in [1.29, 1.82) is 0 Å². The molecule has 11 nitrogen and oxygen atoms in total. The van der Waals surface area contributed by atoms with E-state index in [1.165, 1.54) is 6.07 Å². The molecule has 0 spiro atoms. The van der Waals surface area contributed by atoms with E-state index in [1.807, 2.05) is 12.1 Å². The maximum atomic E-state index is 12.5. The average Bonchev–Trinajstić information content (AvgIpc) is 3.32. The molecule has 0 fully saturated rings. The van der Waals surface area contributed by atoms with Gasteiger partial charge in [-0.2, -0.15) is 0 Å². The minimum Gasteiger partial charge on any atom is -0.760 e. The highest BCUT2D eigenvalue weighted by molar-refractivity contribution is 7.91. The lowest BCUT2D eigenvalue weighted by Gasteiger charge is -2.07. The van der Waals surface area contributed by atoms with Gasteiger partial charge in [0.15, 0.2) is 15.1 Å². The number of rotatable bonds is 7. The molecule has 4 rings (SSSR count). The van der Waals surface area contributed by atoms with Gasteiger partial charge in [-0.25, -0.2) is 18.1 Å². The zero-order valence-electron chi connectivity index (χ0n) is 15.8. The number of aromatic amines is 1. The second-order valence-electron chi connectivity index (χ2n) is 6.48. The third-order valence-electron chi connectivity index (χ3n) is 4.22. The van der Waals surface area contributed by atoms with E-state index in [9.17, 15) is 22.0 Å². The smallest absolute Gasteiger partial charge is 0.247 e. The van der Waals surface area contributed by atoms with E-state index in [1.54, 1.807) is 18.3 Å². The summed E-state index contributed by atoms with van der Waals surface area (Å²) in [5, 5.41) is 6.42. The zero-order valence-corrected chi connectivity index (χ0v) is 18.2. The van der Waals surface area contributed by atoms with Crippen molar-refractivity contribution in [3.05, 3.63) is 63.7 Å². The van der Waals surface area contributed by atoms with Crippen LogP contribution in [-0.4, -0.2) is 43.6 Å². The van der Waals surface area contributed by atoms with Crippen LogP contribution < -0.4 is 10.3 Å². The number of hydrogen-bond donors (Lipinski definition) is 2. The quantitative estimate of drug-likeness (QED) is 0.367. The maximum Gasteiger partial charge on any atom is 0.247 e. The largest absolute Gasteiger partial charge is 0.760 e. The summed E-state index contributed by atoms with van der Waals surface area (Å²) in [6.45, 7) is -0.262. The standard InChI is InChI=1S/C17H15N5O6S3/c1-31(26,27)15(16-22-21-14(28-16)8-19-30(24)25)17-20-11-4-2-9(6-12(11)29-17)10-3-5-13(23)18-7-10/h2-7,15,19H,8H2,1H3,(H,18,23)(H,24,25)/p-1. The summed E-state index contributed by atoms with van der Waals surface area (Å²) in [7, 11) is -3.73. The number of thiazole rings is 1. The van der Waals surface area contributed by atoms with Crippen molar-refractivity contribution in [3.63, 3.8) is 0 Å². The number of fused-ring (bicyclic) bond motifs is 1. The van der Waals surface area contributed by atoms with Crippen LogP contribution in [0.3, 0.4) is 0 Å². The predicted molar refractivity (Wildman–Crippen MR) is 112 cm³/mol. The fraction of sp³-hybridized carbons (Fsp3) is 0.176. The molecule has 0 bridgehead atoms. The van der Waals surface area contributed by atoms with Crippen LogP contribution in [0.15, 0.2) is 45.7 Å². The molecule has 31 heavy (non-hydrogen) atoms. The molecule has 2 unspecified atom stereocenters. The molecule has 1 aromatic carbocycles. The Balaban J connectivity index is 1.72. The summed E-state index contributed by atoms with van der Waals surface area (Å²) < 4.78 is 54.4. The number of aromatic nitrogens is 4. The monoisotopic (exact) mass is 480 g/mol. The number of nitrogens with one attached hydrogen (secondary N) is 2. The van der Waals surface area contributed by atoms with Crippen molar-refractivity contribution >= 4 is 42.7 Å². The number of nitrogens with zero attached hydrogens (tertiary/aromatic N) is 3. The first kappa shape index (κ1) is 21.5. The molecule has 3 heterocycles. The lowest BCUT2D eigenvalue weighted by molar-refractivity contribution is 0.441. The first-order valence-corrected chi connectivity index (χ1v) is 12.5. The van der Waals surface area contributed by atoms with Gasteiger partial charge in [-0.3, -0.25) is 9.00 Å². The summed E-state index contributed by atoms with van der Waals surface area (Å²) in [6.07, 6.45) is 2.62. The number of benzene rings is 1. The summed E-state index contributed by atoms with van der Waals surface area (Å²) in [5.74, 6) is -0.273. The van der Waals surface area contributed by atoms with Crippen LogP contribution in [0.1, 0.15) is 22.0 Å². The third-order valence-corrected chi connectivity index (χ3v) is 7.12. The van der Waals surface area contributed by atoms with Gasteiger partial charge >= 0.3 is 0 Å². The van der Waals surface area contributed by atoms with Crippen molar-refractivity contribution in [1.82, 2.24) is 24.9 Å². The van der Waals surface area contributed by atoms with Gasteiger partial charge in [0, 0.05) is 29.8 Å². The van der Waals surface area contributed by atoms with E-state index in [2.05, 4.69) is 24.9 Å². The van der Waals surface area contributed by atoms with Crippen LogP contribution in [0.5, 0.6) is 0 Å². The minimum atomic E-state index is -3.73. The molecule has 0 radical (unpaired) electrons. The molecule has 0 aliphatic rings. The Bertz CT molecular complexity index is 1420. The summed E-state index contributed by atoms with van der Waals surface area (Å²) in [5.41, 5.74) is 1.99. The predicted octanol–water partition coefficient (Wildman–Crippen LogP) is 1.05. The highest BCUT2D eigenvalue weighted by Crippen LogP contribution is 2.36. The molecule has 3 aromatic heterocycles. The minimum absolute atomic E-state index is 0.0747. The second kappa shape index (κ2) is 8.39. The number of pyridine rings is 1. The molecule has 2 atom stereocenters. The zero-order chi connectivity index (χ0) is 22.2. The third kappa shape index (κ3) is 4.77. The van der Waals surface area contributed by atoms with Crippen molar-refractivity contribution in [2.24, 2.45) is 0 Å². The molecule has 4 aromatic rings. The molecule has 0 aliphatic heterocycles. The lowest BCUT2D eigenvalue weighted by atomic mass is 10.1. The van der Waals surface area contributed by atoms with E-state index in [4.69, 9.17) is 4.42 Å². The Labute approximate surface area is 181 Å². The van der Waals surface area contributed by atoms with Crippen molar-refractivity contribution in [3.8, 4) is 11.1 Å². The molecular weight excluding hydrogens is 466 g/mol.